The van der Waals surface area contributed by atoms with E-state index in [0.29, 0.717) is 0 Å². The minimum absolute atomic E-state index is 0.111. The highest BCUT2D eigenvalue weighted by Crippen LogP contribution is 2.61. The Morgan fingerprint density at radius 2 is 1.84 bits per heavy atom. The highest BCUT2D eigenvalue weighted by atomic mass is 32.2. The lowest BCUT2D eigenvalue weighted by Crippen LogP contribution is -2.53. The molecule has 3 rings (SSSR count). The molecule has 2 bridgehead atoms. The first-order valence-electron chi connectivity index (χ1n) is 8.99. The Balaban J connectivity index is 1.91. The van der Waals surface area contributed by atoms with Crippen molar-refractivity contribution in [2.24, 2.45) is 29.6 Å². The van der Waals surface area contributed by atoms with E-state index in [4.69, 9.17) is 9.29 Å². The van der Waals surface area contributed by atoms with Gasteiger partial charge in [0.2, 0.25) is 0 Å². The number of allylic oxidation sites excluding steroid dienone is 1. The van der Waals surface area contributed by atoms with Gasteiger partial charge in [0.05, 0.1) is 11.8 Å². The van der Waals surface area contributed by atoms with E-state index in [9.17, 15) is 44.8 Å². The third kappa shape index (κ3) is 3.73. The van der Waals surface area contributed by atoms with E-state index >= 15 is 0 Å². The Kier molecular flexibility index (Phi) is 5.49. The largest absolute Gasteiger partial charge is 0.461 e. The number of hydrogen-bond donors (Lipinski definition) is 1. The molecule has 2 aliphatic carbocycles. The van der Waals surface area contributed by atoms with Crippen molar-refractivity contribution in [1.82, 2.24) is 0 Å². The molecule has 1 N–H and O–H groups in total. The van der Waals surface area contributed by atoms with Crippen LogP contribution < -0.4 is 0 Å². The number of ether oxygens (including phenoxy) is 2. The van der Waals surface area contributed by atoms with Gasteiger partial charge in [-0.15, -0.1) is 0 Å². The van der Waals surface area contributed by atoms with Crippen LogP contribution in [0, 0.1) is 29.6 Å². The lowest BCUT2D eigenvalue weighted by atomic mass is 9.72. The second-order valence-corrected chi connectivity index (χ2v) is 9.48. The summed E-state index contributed by atoms with van der Waals surface area (Å²) in [5.41, 5.74) is 0.160. The summed E-state index contributed by atoms with van der Waals surface area (Å²) >= 11 is 0. The number of rotatable bonds is 7. The number of Topliss-reactive ketones (excluding diaryl/α,β-unsaturated/α-hetero) is 1. The number of carbonyl (C=O) groups is 3. The smallest absolute Gasteiger partial charge is 0.432 e. The SMILES string of the molecule is C=C(C)C(=O)CC1C2CC3C1OC(=O)C3C2C(=O)OC(C(F)(F)F)C(F)(F)S(=O)(=O)O. The van der Waals surface area contributed by atoms with Gasteiger partial charge in [-0.2, -0.15) is 30.4 Å². The fourth-order valence-corrected chi connectivity index (χ4v) is 5.28. The van der Waals surface area contributed by atoms with Crippen LogP contribution in [-0.2, 0) is 34.0 Å². The summed E-state index contributed by atoms with van der Waals surface area (Å²) in [5, 5.41) is -5.88. The zero-order valence-electron chi connectivity index (χ0n) is 15.8. The van der Waals surface area contributed by atoms with Crippen molar-refractivity contribution in [2.75, 3.05) is 0 Å². The van der Waals surface area contributed by atoms with Crippen LogP contribution >= 0.6 is 0 Å². The average molecular weight is 476 g/mol. The first-order chi connectivity index (χ1) is 14.0. The molecule has 7 atom stereocenters. The van der Waals surface area contributed by atoms with E-state index in [1.165, 1.54) is 6.92 Å². The van der Waals surface area contributed by atoms with Crippen molar-refractivity contribution < 1.29 is 58.8 Å². The number of alkyl halides is 5. The fourth-order valence-electron chi connectivity index (χ4n) is 4.82. The Hall–Kier alpha value is -2.09. The number of hydrogen-bond acceptors (Lipinski definition) is 7. The topological polar surface area (TPSA) is 124 Å². The van der Waals surface area contributed by atoms with E-state index < -0.39 is 81.1 Å². The minimum atomic E-state index is -6.60. The molecule has 0 radical (unpaired) electrons. The number of fused-ring (bicyclic) bond motifs is 1. The maximum absolute atomic E-state index is 13.7. The predicted molar refractivity (Wildman–Crippen MR) is 88.8 cm³/mol. The van der Waals surface area contributed by atoms with Gasteiger partial charge in [0.25, 0.3) is 6.10 Å². The van der Waals surface area contributed by atoms with Crippen LogP contribution in [-0.4, -0.2) is 54.3 Å². The fraction of sp³-hybridized carbons (Fsp3) is 0.706. The molecule has 2 saturated carbocycles. The van der Waals surface area contributed by atoms with Crippen molar-refractivity contribution in [2.45, 2.75) is 43.4 Å². The van der Waals surface area contributed by atoms with Crippen LogP contribution in [0.2, 0.25) is 0 Å². The third-order valence-corrected chi connectivity index (χ3v) is 7.02. The molecule has 3 aliphatic rings. The molecule has 0 aromatic carbocycles. The molecule has 1 saturated heterocycles. The quantitative estimate of drug-likeness (QED) is 0.256. The molecule has 174 valence electrons. The van der Waals surface area contributed by atoms with E-state index in [0.717, 1.165) is 0 Å². The van der Waals surface area contributed by atoms with Crippen molar-refractivity contribution >= 4 is 27.8 Å². The lowest BCUT2D eigenvalue weighted by molar-refractivity contribution is -0.261. The van der Waals surface area contributed by atoms with Gasteiger partial charge < -0.3 is 9.47 Å². The molecule has 3 fully saturated rings. The summed E-state index contributed by atoms with van der Waals surface area (Å²) < 4.78 is 106. The maximum atomic E-state index is 13.7. The summed E-state index contributed by atoms with van der Waals surface area (Å²) in [6.45, 7) is 4.88. The Morgan fingerprint density at radius 1 is 1.26 bits per heavy atom. The van der Waals surface area contributed by atoms with Crippen LogP contribution in [0.4, 0.5) is 22.0 Å². The van der Waals surface area contributed by atoms with Gasteiger partial charge in [0.1, 0.15) is 6.10 Å². The van der Waals surface area contributed by atoms with Crippen molar-refractivity contribution in [3.05, 3.63) is 12.2 Å². The molecule has 14 heteroatoms. The van der Waals surface area contributed by atoms with Crippen LogP contribution in [0.1, 0.15) is 19.8 Å². The Bertz CT molecular complexity index is 943. The van der Waals surface area contributed by atoms with Crippen LogP contribution in [0.15, 0.2) is 12.2 Å². The van der Waals surface area contributed by atoms with E-state index in [-0.39, 0.29) is 18.4 Å². The molecule has 1 aliphatic heterocycles. The normalized spacial score (nSPS) is 33.2. The van der Waals surface area contributed by atoms with E-state index in [2.05, 4.69) is 11.3 Å². The first-order valence-corrected chi connectivity index (χ1v) is 10.4. The van der Waals surface area contributed by atoms with Gasteiger partial charge in [0.15, 0.2) is 5.78 Å². The van der Waals surface area contributed by atoms with Gasteiger partial charge in [-0.05, 0) is 24.8 Å². The molecule has 7 unspecified atom stereocenters. The highest BCUT2D eigenvalue weighted by molar-refractivity contribution is 7.86. The second-order valence-electron chi connectivity index (χ2n) is 7.98. The number of esters is 2. The monoisotopic (exact) mass is 476 g/mol. The third-order valence-electron chi connectivity index (χ3n) is 6.12. The molecule has 1 heterocycles. The molecule has 31 heavy (non-hydrogen) atoms. The van der Waals surface area contributed by atoms with E-state index in [1.807, 2.05) is 0 Å². The van der Waals surface area contributed by atoms with Crippen LogP contribution in [0.25, 0.3) is 0 Å². The lowest BCUT2D eigenvalue weighted by Gasteiger charge is -2.32. The van der Waals surface area contributed by atoms with Gasteiger partial charge in [-0.3, -0.25) is 18.9 Å². The number of halogens is 5. The zero-order valence-corrected chi connectivity index (χ0v) is 16.6. The van der Waals surface area contributed by atoms with Crippen LogP contribution in [0.3, 0.4) is 0 Å². The highest BCUT2D eigenvalue weighted by Gasteiger charge is 2.71. The summed E-state index contributed by atoms with van der Waals surface area (Å²) in [6, 6.07) is 0. The Labute approximate surface area is 172 Å². The van der Waals surface area contributed by atoms with Crippen molar-refractivity contribution in [3.63, 3.8) is 0 Å². The maximum Gasteiger partial charge on any atom is 0.432 e. The molecular weight excluding hydrogens is 459 g/mol. The molecule has 0 aromatic rings. The van der Waals surface area contributed by atoms with Gasteiger partial charge >= 0.3 is 33.5 Å². The predicted octanol–water partition coefficient (Wildman–Crippen LogP) is 1.90. The summed E-state index contributed by atoms with van der Waals surface area (Å²) in [4.78, 5) is 36.8. The zero-order chi connectivity index (χ0) is 23.7. The standard InChI is InChI=1S/C17H17F5O8S/c1-5(2)9(23)4-7-6-3-8-11(13(24)29-12(7)8)10(6)14(25)30-15(16(18,19)20)17(21,22)31(26,27)28/h6-8,10-12,15H,1,3-4H2,2H3,(H,26,27,28). The summed E-state index contributed by atoms with van der Waals surface area (Å²) in [7, 11) is -6.60. The first kappa shape index (κ1) is 23.6. The van der Waals surface area contributed by atoms with E-state index in [1.54, 1.807) is 0 Å². The summed E-state index contributed by atoms with van der Waals surface area (Å²) in [6.07, 6.45) is -11.4. The van der Waals surface area contributed by atoms with Gasteiger partial charge in [-0.1, -0.05) is 6.58 Å². The second kappa shape index (κ2) is 7.22. The number of carbonyl (C=O) groups excluding carboxylic acids is 3. The molecule has 0 amide bonds. The number of ketones is 1. The molecule has 0 aromatic heterocycles. The molecular formula is C17H17F5O8S. The van der Waals surface area contributed by atoms with Crippen molar-refractivity contribution in [1.29, 1.82) is 0 Å². The molecule has 0 spiro atoms. The Morgan fingerprint density at radius 3 is 2.32 bits per heavy atom. The minimum Gasteiger partial charge on any atom is -0.461 e. The van der Waals surface area contributed by atoms with Gasteiger partial charge in [-0.25, -0.2) is 0 Å². The average Bonchev–Trinajstić information content (AvgIpc) is 3.20. The molecule has 8 nitrogen and oxygen atoms in total. The van der Waals surface area contributed by atoms with Crippen molar-refractivity contribution in [3.8, 4) is 0 Å². The van der Waals surface area contributed by atoms with Crippen LogP contribution in [0.5, 0.6) is 0 Å². The van der Waals surface area contributed by atoms with Gasteiger partial charge in [0, 0.05) is 18.3 Å². The summed E-state index contributed by atoms with van der Waals surface area (Å²) in [5.74, 6) is -8.41.